The number of piperidine rings is 1. The SMILES string of the molecule is CCCC1(CNC(=O)C2CC23CCNCC3)CCC1.Cl. The number of hydrogen-bond donors (Lipinski definition) is 2. The molecule has 116 valence electrons. The number of carbonyl (C=O) groups is 1. The topological polar surface area (TPSA) is 41.1 Å². The Bertz CT molecular complexity index is 348. The molecule has 3 nitrogen and oxygen atoms in total. The Kier molecular flexibility index (Phi) is 5.01. The second-order valence-corrected chi connectivity index (χ2v) is 7.19. The van der Waals surface area contributed by atoms with Gasteiger partial charge in [0.05, 0.1) is 0 Å². The van der Waals surface area contributed by atoms with E-state index in [4.69, 9.17) is 0 Å². The summed E-state index contributed by atoms with van der Waals surface area (Å²) in [4.78, 5) is 12.3. The lowest BCUT2D eigenvalue weighted by Gasteiger charge is -2.42. The van der Waals surface area contributed by atoms with Gasteiger partial charge in [0.1, 0.15) is 0 Å². The molecule has 2 N–H and O–H groups in total. The Morgan fingerprint density at radius 1 is 1.25 bits per heavy atom. The van der Waals surface area contributed by atoms with Crippen molar-refractivity contribution in [3.8, 4) is 0 Å². The third kappa shape index (κ3) is 2.99. The fourth-order valence-corrected chi connectivity index (χ4v) is 4.32. The highest BCUT2D eigenvalue weighted by Crippen LogP contribution is 2.58. The molecule has 1 unspecified atom stereocenters. The molecule has 1 spiro atoms. The lowest BCUT2D eigenvalue weighted by Crippen LogP contribution is -2.43. The summed E-state index contributed by atoms with van der Waals surface area (Å²) in [5.41, 5.74) is 0.841. The quantitative estimate of drug-likeness (QED) is 0.820. The van der Waals surface area contributed by atoms with Gasteiger partial charge in [-0.05, 0) is 62.4 Å². The van der Waals surface area contributed by atoms with Crippen LogP contribution in [0.3, 0.4) is 0 Å². The van der Waals surface area contributed by atoms with Crippen LogP contribution in [-0.4, -0.2) is 25.5 Å². The summed E-state index contributed by atoms with van der Waals surface area (Å²) < 4.78 is 0. The van der Waals surface area contributed by atoms with Crippen molar-refractivity contribution in [2.45, 2.75) is 58.3 Å². The van der Waals surface area contributed by atoms with Crippen LogP contribution in [0.25, 0.3) is 0 Å². The molecule has 3 aliphatic rings. The minimum Gasteiger partial charge on any atom is -0.355 e. The minimum atomic E-state index is 0. The van der Waals surface area contributed by atoms with Crippen molar-refractivity contribution < 1.29 is 4.79 Å². The van der Waals surface area contributed by atoms with Crippen LogP contribution < -0.4 is 10.6 Å². The monoisotopic (exact) mass is 300 g/mol. The van der Waals surface area contributed by atoms with E-state index in [2.05, 4.69) is 17.6 Å². The van der Waals surface area contributed by atoms with Crippen molar-refractivity contribution in [1.29, 1.82) is 0 Å². The van der Waals surface area contributed by atoms with Crippen molar-refractivity contribution >= 4 is 18.3 Å². The van der Waals surface area contributed by atoms with E-state index in [0.29, 0.717) is 22.7 Å². The molecule has 4 heteroatoms. The van der Waals surface area contributed by atoms with Gasteiger partial charge < -0.3 is 10.6 Å². The zero-order valence-electron chi connectivity index (χ0n) is 12.7. The maximum atomic E-state index is 12.3. The summed E-state index contributed by atoms with van der Waals surface area (Å²) in [5.74, 6) is 0.678. The Balaban J connectivity index is 0.00000147. The van der Waals surface area contributed by atoms with Crippen LogP contribution in [0.15, 0.2) is 0 Å². The first kappa shape index (κ1) is 16.1. The van der Waals surface area contributed by atoms with Gasteiger partial charge in [-0.3, -0.25) is 4.79 Å². The summed E-state index contributed by atoms with van der Waals surface area (Å²) in [7, 11) is 0. The van der Waals surface area contributed by atoms with E-state index in [1.165, 1.54) is 44.9 Å². The zero-order valence-corrected chi connectivity index (χ0v) is 13.5. The first-order chi connectivity index (χ1) is 9.20. The molecule has 0 aromatic heterocycles. The molecule has 0 aromatic carbocycles. The molecule has 3 fully saturated rings. The molecular formula is C16H29ClN2O. The molecule has 1 saturated heterocycles. The molecule has 2 saturated carbocycles. The van der Waals surface area contributed by atoms with Crippen LogP contribution in [0.1, 0.15) is 58.3 Å². The average Bonchev–Trinajstić information content (AvgIpc) is 3.07. The Morgan fingerprint density at radius 3 is 2.50 bits per heavy atom. The number of amides is 1. The Hall–Kier alpha value is -0.280. The number of carbonyl (C=O) groups excluding carboxylic acids is 1. The first-order valence-electron chi connectivity index (χ1n) is 8.18. The van der Waals surface area contributed by atoms with Crippen LogP contribution in [0.2, 0.25) is 0 Å². The minimum absolute atomic E-state index is 0. The molecule has 1 amide bonds. The van der Waals surface area contributed by atoms with Crippen LogP contribution in [0, 0.1) is 16.7 Å². The van der Waals surface area contributed by atoms with Gasteiger partial charge in [0.2, 0.25) is 5.91 Å². The third-order valence-electron chi connectivity index (χ3n) is 5.94. The van der Waals surface area contributed by atoms with Crippen molar-refractivity contribution in [2.75, 3.05) is 19.6 Å². The van der Waals surface area contributed by atoms with E-state index in [-0.39, 0.29) is 12.4 Å². The van der Waals surface area contributed by atoms with Gasteiger partial charge in [-0.2, -0.15) is 0 Å². The lowest BCUT2D eigenvalue weighted by atomic mass is 9.66. The van der Waals surface area contributed by atoms with E-state index in [0.717, 1.165) is 26.1 Å². The normalized spacial score (nSPS) is 29.1. The number of hydrogen-bond acceptors (Lipinski definition) is 2. The van der Waals surface area contributed by atoms with Gasteiger partial charge in [-0.1, -0.05) is 19.8 Å². The third-order valence-corrected chi connectivity index (χ3v) is 5.94. The van der Waals surface area contributed by atoms with Crippen LogP contribution in [-0.2, 0) is 4.79 Å². The summed E-state index contributed by atoms with van der Waals surface area (Å²) >= 11 is 0. The number of rotatable bonds is 5. The molecule has 0 radical (unpaired) electrons. The van der Waals surface area contributed by atoms with Crippen molar-refractivity contribution in [1.82, 2.24) is 10.6 Å². The van der Waals surface area contributed by atoms with E-state index >= 15 is 0 Å². The Labute approximate surface area is 129 Å². The molecule has 2 aliphatic carbocycles. The summed E-state index contributed by atoms with van der Waals surface area (Å²) in [5, 5.41) is 6.68. The zero-order chi connectivity index (χ0) is 13.3. The first-order valence-corrected chi connectivity index (χ1v) is 8.18. The number of nitrogens with one attached hydrogen (secondary N) is 2. The lowest BCUT2D eigenvalue weighted by molar-refractivity contribution is -0.124. The van der Waals surface area contributed by atoms with E-state index < -0.39 is 0 Å². The molecule has 3 rings (SSSR count). The van der Waals surface area contributed by atoms with Crippen molar-refractivity contribution in [3.63, 3.8) is 0 Å². The highest BCUT2D eigenvalue weighted by Gasteiger charge is 2.57. The Morgan fingerprint density at radius 2 is 1.95 bits per heavy atom. The second kappa shape index (κ2) is 6.23. The van der Waals surface area contributed by atoms with Gasteiger partial charge >= 0.3 is 0 Å². The summed E-state index contributed by atoms with van der Waals surface area (Å²) in [6.07, 6.45) is 10.1. The maximum Gasteiger partial charge on any atom is 0.223 e. The highest BCUT2D eigenvalue weighted by atomic mass is 35.5. The summed E-state index contributed by atoms with van der Waals surface area (Å²) in [6.45, 7) is 5.39. The van der Waals surface area contributed by atoms with Crippen LogP contribution in [0.4, 0.5) is 0 Å². The van der Waals surface area contributed by atoms with Crippen molar-refractivity contribution in [3.05, 3.63) is 0 Å². The van der Waals surface area contributed by atoms with Gasteiger partial charge in [0.15, 0.2) is 0 Å². The standard InChI is InChI=1S/C16H28N2O.ClH/c1-2-4-15(5-3-6-15)12-18-14(19)13-11-16(13)7-9-17-10-8-16;/h13,17H,2-12H2,1H3,(H,18,19);1H. The van der Waals surface area contributed by atoms with E-state index in [1.54, 1.807) is 0 Å². The molecule has 0 aromatic rings. The van der Waals surface area contributed by atoms with Gasteiger partial charge in [0, 0.05) is 12.5 Å². The molecule has 0 bridgehead atoms. The van der Waals surface area contributed by atoms with E-state index in [9.17, 15) is 4.79 Å². The fraction of sp³-hybridized carbons (Fsp3) is 0.938. The van der Waals surface area contributed by atoms with Crippen LogP contribution in [0.5, 0.6) is 0 Å². The maximum absolute atomic E-state index is 12.3. The molecule has 1 atom stereocenters. The van der Waals surface area contributed by atoms with Gasteiger partial charge in [-0.15, -0.1) is 12.4 Å². The predicted octanol–water partition coefficient (Wildman–Crippen LogP) is 2.88. The second-order valence-electron chi connectivity index (χ2n) is 7.19. The van der Waals surface area contributed by atoms with Crippen LogP contribution >= 0.6 is 12.4 Å². The summed E-state index contributed by atoms with van der Waals surface area (Å²) in [6, 6.07) is 0. The van der Waals surface area contributed by atoms with Crippen molar-refractivity contribution in [2.24, 2.45) is 16.7 Å². The van der Waals surface area contributed by atoms with Gasteiger partial charge in [0.25, 0.3) is 0 Å². The smallest absolute Gasteiger partial charge is 0.223 e. The number of halogens is 1. The molecule has 20 heavy (non-hydrogen) atoms. The highest BCUT2D eigenvalue weighted by molar-refractivity contribution is 5.85. The van der Waals surface area contributed by atoms with E-state index in [1.807, 2.05) is 0 Å². The average molecular weight is 301 g/mol. The molecule has 1 heterocycles. The predicted molar refractivity (Wildman–Crippen MR) is 84.1 cm³/mol. The van der Waals surface area contributed by atoms with Gasteiger partial charge in [-0.25, -0.2) is 0 Å². The molecule has 1 aliphatic heterocycles. The molecular weight excluding hydrogens is 272 g/mol. The largest absolute Gasteiger partial charge is 0.355 e. The fourth-order valence-electron chi connectivity index (χ4n) is 4.32.